The molecular formula is C25H24N4O6. The van der Waals surface area contributed by atoms with Crippen molar-refractivity contribution < 1.29 is 29.0 Å². The molecule has 2 aliphatic rings. The monoisotopic (exact) mass is 476 g/mol. The molecule has 180 valence electrons. The van der Waals surface area contributed by atoms with Gasteiger partial charge in [-0.25, -0.2) is 9.59 Å². The maximum atomic E-state index is 13.1. The Morgan fingerprint density at radius 3 is 2.43 bits per heavy atom. The van der Waals surface area contributed by atoms with E-state index >= 15 is 0 Å². The maximum Gasteiger partial charge on any atom is 0.411 e. The molecule has 1 aromatic heterocycles. The summed E-state index contributed by atoms with van der Waals surface area (Å²) in [5.74, 6) is -1.87. The number of anilines is 1. The summed E-state index contributed by atoms with van der Waals surface area (Å²) in [7, 11) is 1.60. The Morgan fingerprint density at radius 2 is 1.77 bits per heavy atom. The third-order valence-electron chi connectivity index (χ3n) is 6.29. The number of benzene rings is 2. The van der Waals surface area contributed by atoms with Crippen molar-refractivity contribution in [3.63, 3.8) is 0 Å². The quantitative estimate of drug-likeness (QED) is 0.580. The number of ether oxygens (including phenoxy) is 2. The number of hydrogen-bond acceptors (Lipinski definition) is 6. The highest BCUT2D eigenvalue weighted by molar-refractivity contribution is 6.02. The summed E-state index contributed by atoms with van der Waals surface area (Å²) in [6.45, 7) is 0.339. The minimum absolute atomic E-state index is 0.0610. The topological polar surface area (TPSA) is 123 Å². The van der Waals surface area contributed by atoms with Crippen LogP contribution in [0.2, 0.25) is 0 Å². The van der Waals surface area contributed by atoms with Gasteiger partial charge in [-0.3, -0.25) is 14.8 Å². The van der Waals surface area contributed by atoms with Crippen molar-refractivity contribution in [2.24, 2.45) is 7.05 Å². The molecule has 5 rings (SSSR count). The lowest BCUT2D eigenvalue weighted by Crippen LogP contribution is -2.52. The number of aromatic nitrogens is 2. The largest absolute Gasteiger partial charge is 0.480 e. The van der Waals surface area contributed by atoms with E-state index in [0.717, 1.165) is 22.3 Å². The molecule has 2 amide bonds. The average Bonchev–Trinajstić information content (AvgIpc) is 3.39. The second-order valence-corrected chi connectivity index (χ2v) is 8.44. The molecule has 10 heteroatoms. The molecule has 2 N–H and O–H groups in total. The smallest absolute Gasteiger partial charge is 0.411 e. The van der Waals surface area contributed by atoms with Crippen LogP contribution in [0.4, 0.5) is 10.5 Å². The van der Waals surface area contributed by atoms with E-state index in [4.69, 9.17) is 9.47 Å². The number of fused-ring (bicyclic) bond motifs is 3. The van der Waals surface area contributed by atoms with E-state index in [-0.39, 0.29) is 43.7 Å². The van der Waals surface area contributed by atoms with E-state index < -0.39 is 24.0 Å². The van der Waals surface area contributed by atoms with Gasteiger partial charge in [0.25, 0.3) is 5.91 Å². The predicted molar refractivity (Wildman–Crippen MR) is 125 cm³/mol. The van der Waals surface area contributed by atoms with E-state index in [2.05, 4.69) is 22.5 Å². The highest BCUT2D eigenvalue weighted by Crippen LogP contribution is 2.44. The molecule has 1 aliphatic carbocycles. The number of carboxylic acid groups (broad SMARTS) is 1. The van der Waals surface area contributed by atoms with Crippen LogP contribution in [-0.2, 0) is 21.3 Å². The maximum absolute atomic E-state index is 13.1. The predicted octanol–water partition coefficient (Wildman–Crippen LogP) is 2.71. The van der Waals surface area contributed by atoms with Crippen LogP contribution in [0.5, 0.6) is 0 Å². The van der Waals surface area contributed by atoms with E-state index in [9.17, 15) is 19.5 Å². The number of morpholine rings is 1. The molecule has 1 aliphatic heterocycles. The van der Waals surface area contributed by atoms with Crippen LogP contribution in [0, 0.1) is 0 Å². The fourth-order valence-electron chi connectivity index (χ4n) is 4.67. The summed E-state index contributed by atoms with van der Waals surface area (Å²) >= 11 is 0. The number of nitrogens with one attached hydrogen (secondary N) is 1. The van der Waals surface area contributed by atoms with Gasteiger partial charge in [-0.1, -0.05) is 48.5 Å². The lowest BCUT2D eigenvalue weighted by atomic mass is 9.98. The second kappa shape index (κ2) is 9.22. The summed E-state index contributed by atoms with van der Waals surface area (Å²) < 4.78 is 12.1. The fraction of sp³-hybridized carbons (Fsp3) is 0.280. The molecule has 0 saturated carbocycles. The van der Waals surface area contributed by atoms with E-state index in [0.29, 0.717) is 0 Å². The first-order valence-electron chi connectivity index (χ1n) is 11.2. The Hall–Kier alpha value is -4.18. The zero-order valence-corrected chi connectivity index (χ0v) is 19.0. The third-order valence-corrected chi connectivity index (χ3v) is 6.29. The standard InChI is InChI=1S/C25H24N4O6/c1-28-12-20(22(27-28)23(30)29-10-11-34-14-21(29)24(31)32)26-25(33)35-13-19-17-8-4-2-6-15(17)16-7-3-5-9-18(16)19/h2-9,12,19,21H,10-11,13-14H2,1H3,(H,26,33)(H,31,32). The zero-order chi connectivity index (χ0) is 24.5. The van der Waals surface area contributed by atoms with Crippen molar-refractivity contribution >= 4 is 23.7 Å². The van der Waals surface area contributed by atoms with Gasteiger partial charge in [-0.05, 0) is 22.3 Å². The van der Waals surface area contributed by atoms with Crippen LogP contribution in [-0.4, -0.2) is 70.2 Å². The number of hydrogen-bond donors (Lipinski definition) is 2. The molecule has 1 atom stereocenters. The van der Waals surface area contributed by atoms with Crippen molar-refractivity contribution in [3.8, 4) is 11.1 Å². The Kier molecular flexibility index (Phi) is 5.96. The van der Waals surface area contributed by atoms with Crippen LogP contribution < -0.4 is 5.32 Å². The highest BCUT2D eigenvalue weighted by atomic mass is 16.5. The summed E-state index contributed by atoms with van der Waals surface area (Å²) in [5.41, 5.74) is 4.50. The van der Waals surface area contributed by atoms with E-state index in [1.807, 2.05) is 36.4 Å². The number of nitrogens with zero attached hydrogens (tertiary/aromatic N) is 3. The summed E-state index contributed by atoms with van der Waals surface area (Å²) in [5, 5.41) is 16.2. The van der Waals surface area contributed by atoms with Crippen LogP contribution in [0.25, 0.3) is 11.1 Å². The molecule has 1 fully saturated rings. The molecule has 2 heterocycles. The lowest BCUT2D eigenvalue weighted by Gasteiger charge is -2.32. The summed E-state index contributed by atoms with van der Waals surface area (Å²) in [4.78, 5) is 38.6. The van der Waals surface area contributed by atoms with Gasteiger partial charge in [0.1, 0.15) is 6.61 Å². The normalized spacial score (nSPS) is 16.9. The molecular weight excluding hydrogens is 452 g/mol. The Morgan fingerprint density at radius 1 is 1.11 bits per heavy atom. The van der Waals surface area contributed by atoms with Crippen molar-refractivity contribution in [2.75, 3.05) is 31.7 Å². The van der Waals surface area contributed by atoms with Gasteiger partial charge < -0.3 is 19.5 Å². The third kappa shape index (κ3) is 4.24. The Bertz CT molecular complexity index is 1260. The number of aliphatic carboxylic acids is 1. The van der Waals surface area contributed by atoms with Crippen molar-refractivity contribution in [3.05, 3.63) is 71.5 Å². The molecule has 10 nitrogen and oxygen atoms in total. The minimum atomic E-state index is -1.17. The molecule has 1 unspecified atom stereocenters. The molecule has 2 aromatic carbocycles. The first kappa shape index (κ1) is 22.6. The summed E-state index contributed by atoms with van der Waals surface area (Å²) in [6, 6.07) is 14.9. The zero-order valence-electron chi connectivity index (χ0n) is 19.0. The molecule has 0 spiro atoms. The summed E-state index contributed by atoms with van der Waals surface area (Å²) in [6.07, 6.45) is 0.746. The highest BCUT2D eigenvalue weighted by Gasteiger charge is 2.36. The van der Waals surface area contributed by atoms with Gasteiger partial charge in [0.2, 0.25) is 0 Å². The number of rotatable bonds is 5. The molecule has 3 aromatic rings. The number of carbonyl (C=O) groups excluding carboxylic acids is 2. The van der Waals surface area contributed by atoms with Gasteiger partial charge in [-0.2, -0.15) is 5.10 Å². The lowest BCUT2D eigenvalue weighted by molar-refractivity contribution is -0.147. The van der Waals surface area contributed by atoms with Crippen LogP contribution in [0.3, 0.4) is 0 Å². The Balaban J connectivity index is 1.30. The number of amides is 2. The first-order chi connectivity index (χ1) is 16.9. The minimum Gasteiger partial charge on any atom is -0.480 e. The second-order valence-electron chi connectivity index (χ2n) is 8.44. The van der Waals surface area contributed by atoms with Crippen LogP contribution in [0.1, 0.15) is 27.5 Å². The van der Waals surface area contributed by atoms with Crippen LogP contribution >= 0.6 is 0 Å². The number of carboxylic acids is 1. The SMILES string of the molecule is Cn1cc(NC(=O)OCC2c3ccccc3-c3ccccc32)c(C(=O)N2CCOCC2C(=O)O)n1. The molecule has 35 heavy (non-hydrogen) atoms. The van der Waals surface area contributed by atoms with E-state index in [1.165, 1.54) is 15.8 Å². The average molecular weight is 476 g/mol. The van der Waals surface area contributed by atoms with Crippen molar-refractivity contribution in [1.29, 1.82) is 0 Å². The van der Waals surface area contributed by atoms with Gasteiger partial charge in [0, 0.05) is 25.7 Å². The molecule has 0 bridgehead atoms. The van der Waals surface area contributed by atoms with E-state index in [1.54, 1.807) is 7.05 Å². The van der Waals surface area contributed by atoms with Gasteiger partial charge in [0.05, 0.1) is 18.9 Å². The van der Waals surface area contributed by atoms with Gasteiger partial charge in [-0.15, -0.1) is 0 Å². The number of carbonyl (C=O) groups is 3. The Labute approximate surface area is 201 Å². The van der Waals surface area contributed by atoms with Crippen molar-refractivity contribution in [2.45, 2.75) is 12.0 Å². The van der Waals surface area contributed by atoms with Crippen molar-refractivity contribution in [1.82, 2.24) is 14.7 Å². The number of aryl methyl sites for hydroxylation is 1. The molecule has 1 saturated heterocycles. The fourth-order valence-corrected chi connectivity index (χ4v) is 4.67. The first-order valence-corrected chi connectivity index (χ1v) is 11.2. The van der Waals surface area contributed by atoms with Crippen LogP contribution in [0.15, 0.2) is 54.7 Å². The molecule has 0 radical (unpaired) electrons. The van der Waals surface area contributed by atoms with Gasteiger partial charge in [0.15, 0.2) is 11.7 Å². The van der Waals surface area contributed by atoms with Gasteiger partial charge >= 0.3 is 12.1 Å².